The van der Waals surface area contributed by atoms with Gasteiger partial charge >= 0.3 is 6.18 Å². The van der Waals surface area contributed by atoms with E-state index in [0.29, 0.717) is 5.56 Å². The van der Waals surface area contributed by atoms with Crippen molar-refractivity contribution in [3.8, 4) is 11.1 Å². The fourth-order valence-corrected chi connectivity index (χ4v) is 2.37. The molecule has 23 heavy (non-hydrogen) atoms. The number of fused-ring (bicyclic) bond motifs is 3. The molecule has 0 saturated heterocycles. The summed E-state index contributed by atoms with van der Waals surface area (Å²) in [6, 6.07) is 4.41. The molecule has 0 radical (unpaired) electrons. The molecule has 1 amide bonds. The molecule has 0 bridgehead atoms. The molecule has 118 valence electrons. The lowest BCUT2D eigenvalue weighted by Crippen LogP contribution is -2.21. The van der Waals surface area contributed by atoms with Crippen LogP contribution in [0.1, 0.15) is 32.2 Å². The lowest BCUT2D eigenvalue weighted by molar-refractivity contribution is -0.145. The second-order valence-corrected chi connectivity index (χ2v) is 5.24. The lowest BCUT2D eigenvalue weighted by atomic mass is 10.0. The topological polar surface area (TPSA) is 63.2 Å². The molecule has 1 aliphatic carbocycles. The Bertz CT molecular complexity index is 844. The second kappa shape index (κ2) is 4.87. The molecule has 0 N–H and O–H groups in total. The van der Waals surface area contributed by atoms with Gasteiger partial charge in [-0.2, -0.15) is 13.2 Å². The number of aromatic nitrogens is 2. The Morgan fingerprint density at radius 2 is 1.83 bits per heavy atom. The summed E-state index contributed by atoms with van der Waals surface area (Å²) in [5.41, 5.74) is 0.799. The van der Waals surface area contributed by atoms with Crippen molar-refractivity contribution in [3.05, 3.63) is 47.0 Å². The van der Waals surface area contributed by atoms with Crippen LogP contribution in [0, 0.1) is 0 Å². The number of nitrogens with zero attached hydrogens (tertiary/aromatic N) is 3. The minimum Gasteiger partial charge on any atom is -0.345 e. The van der Waals surface area contributed by atoms with E-state index in [1.165, 1.54) is 23.1 Å². The highest BCUT2D eigenvalue weighted by atomic mass is 19.4. The molecule has 5 nitrogen and oxygen atoms in total. The number of carbonyl (C=O) groups excluding carboxylic acids is 2. The summed E-state index contributed by atoms with van der Waals surface area (Å²) in [5, 5.41) is 0. The van der Waals surface area contributed by atoms with Crippen LogP contribution in [0.4, 0.5) is 13.2 Å². The standard InChI is InChI=1S/C15H10F3N3O2/c1-21(2)13(23)7-3-4-8-9(5-7)12(22)11-10(8)6-19-14(20-11)15(16,17)18/h3-6H,1-2H3. The molecular weight excluding hydrogens is 311 g/mol. The number of benzene rings is 1. The van der Waals surface area contributed by atoms with Crippen LogP contribution in [0.3, 0.4) is 0 Å². The predicted octanol–water partition coefficient (Wildman–Crippen LogP) is 2.41. The van der Waals surface area contributed by atoms with Gasteiger partial charge in [0.2, 0.25) is 11.6 Å². The molecule has 8 heteroatoms. The zero-order valence-electron chi connectivity index (χ0n) is 12.1. The SMILES string of the molecule is CN(C)C(=O)c1ccc2c(c1)C(=O)c1nc(C(F)(F)F)ncc1-2. The van der Waals surface area contributed by atoms with Gasteiger partial charge < -0.3 is 4.90 Å². The third-order valence-corrected chi connectivity index (χ3v) is 3.46. The number of ketones is 1. The molecule has 1 aliphatic rings. The van der Waals surface area contributed by atoms with E-state index in [2.05, 4.69) is 9.97 Å². The molecule has 0 aliphatic heterocycles. The maximum atomic E-state index is 12.7. The van der Waals surface area contributed by atoms with E-state index in [1.807, 2.05) is 0 Å². The van der Waals surface area contributed by atoms with Crippen LogP contribution in [-0.4, -0.2) is 40.7 Å². The third kappa shape index (κ3) is 2.36. The number of carbonyl (C=O) groups is 2. The van der Waals surface area contributed by atoms with Gasteiger partial charge in [0.05, 0.1) is 0 Å². The third-order valence-electron chi connectivity index (χ3n) is 3.46. The molecule has 0 spiro atoms. The van der Waals surface area contributed by atoms with Gasteiger partial charge in [-0.3, -0.25) is 9.59 Å². The molecule has 1 heterocycles. The van der Waals surface area contributed by atoms with Gasteiger partial charge in [0.25, 0.3) is 5.91 Å². The first-order chi connectivity index (χ1) is 10.7. The summed E-state index contributed by atoms with van der Waals surface area (Å²) in [6.45, 7) is 0. The molecule has 0 saturated carbocycles. The fraction of sp³-hybridized carbons (Fsp3) is 0.200. The number of rotatable bonds is 1. The van der Waals surface area contributed by atoms with Crippen molar-refractivity contribution in [3.63, 3.8) is 0 Å². The van der Waals surface area contributed by atoms with E-state index in [9.17, 15) is 22.8 Å². The van der Waals surface area contributed by atoms with Crippen molar-refractivity contribution >= 4 is 11.7 Å². The van der Waals surface area contributed by atoms with Crippen molar-refractivity contribution in [2.45, 2.75) is 6.18 Å². The minimum atomic E-state index is -4.73. The highest BCUT2D eigenvalue weighted by molar-refractivity contribution is 6.21. The van der Waals surface area contributed by atoms with Crippen LogP contribution < -0.4 is 0 Å². The molecule has 0 fully saturated rings. The van der Waals surface area contributed by atoms with E-state index >= 15 is 0 Å². The Kier molecular flexibility index (Phi) is 3.20. The molecule has 0 unspecified atom stereocenters. The number of halogens is 3. The Morgan fingerprint density at radius 3 is 2.43 bits per heavy atom. The summed E-state index contributed by atoms with van der Waals surface area (Å²) < 4.78 is 38.1. The van der Waals surface area contributed by atoms with Crippen molar-refractivity contribution in [1.82, 2.24) is 14.9 Å². The number of hydrogen-bond acceptors (Lipinski definition) is 4. The average molecular weight is 321 g/mol. The summed E-state index contributed by atoms with van der Waals surface area (Å²) in [4.78, 5) is 32.2. The summed E-state index contributed by atoms with van der Waals surface area (Å²) in [5.74, 6) is -2.31. The maximum absolute atomic E-state index is 12.7. The smallest absolute Gasteiger partial charge is 0.345 e. The van der Waals surface area contributed by atoms with Gasteiger partial charge in [-0.05, 0) is 17.7 Å². The van der Waals surface area contributed by atoms with Gasteiger partial charge in [0.15, 0.2) is 0 Å². The normalized spacial score (nSPS) is 12.8. The molecule has 3 rings (SSSR count). The first-order valence-corrected chi connectivity index (χ1v) is 6.55. The Labute approximate surface area is 128 Å². The van der Waals surface area contributed by atoms with E-state index in [1.54, 1.807) is 14.1 Å². The van der Waals surface area contributed by atoms with Crippen LogP contribution in [0.5, 0.6) is 0 Å². The van der Waals surface area contributed by atoms with Gasteiger partial charge in [0.1, 0.15) is 5.69 Å². The average Bonchev–Trinajstić information content (AvgIpc) is 2.78. The van der Waals surface area contributed by atoms with E-state index in [4.69, 9.17) is 0 Å². The van der Waals surface area contributed by atoms with E-state index in [0.717, 1.165) is 6.20 Å². The van der Waals surface area contributed by atoms with Crippen LogP contribution in [-0.2, 0) is 6.18 Å². The summed E-state index contributed by atoms with van der Waals surface area (Å²) in [6.07, 6.45) is -3.74. The monoisotopic (exact) mass is 321 g/mol. The van der Waals surface area contributed by atoms with Crippen LogP contribution >= 0.6 is 0 Å². The summed E-state index contributed by atoms with van der Waals surface area (Å²) >= 11 is 0. The highest BCUT2D eigenvalue weighted by Crippen LogP contribution is 2.37. The van der Waals surface area contributed by atoms with Crippen molar-refractivity contribution < 1.29 is 22.8 Å². The van der Waals surface area contributed by atoms with Gasteiger partial charge in [-0.1, -0.05) is 6.07 Å². The van der Waals surface area contributed by atoms with Crippen molar-refractivity contribution in [2.24, 2.45) is 0 Å². The van der Waals surface area contributed by atoms with Crippen LogP contribution in [0.25, 0.3) is 11.1 Å². The second-order valence-electron chi connectivity index (χ2n) is 5.24. The van der Waals surface area contributed by atoms with Crippen molar-refractivity contribution in [1.29, 1.82) is 0 Å². The maximum Gasteiger partial charge on any atom is 0.451 e. The highest BCUT2D eigenvalue weighted by Gasteiger charge is 2.38. The minimum absolute atomic E-state index is 0.154. The zero-order valence-corrected chi connectivity index (χ0v) is 12.1. The van der Waals surface area contributed by atoms with Crippen LogP contribution in [0.2, 0.25) is 0 Å². The van der Waals surface area contributed by atoms with Gasteiger partial charge in [-0.25, -0.2) is 9.97 Å². The van der Waals surface area contributed by atoms with Crippen molar-refractivity contribution in [2.75, 3.05) is 14.1 Å². The molecule has 0 atom stereocenters. The fourth-order valence-electron chi connectivity index (χ4n) is 2.37. The number of amides is 1. The Balaban J connectivity index is 2.11. The van der Waals surface area contributed by atoms with Gasteiger partial charge in [-0.15, -0.1) is 0 Å². The van der Waals surface area contributed by atoms with E-state index in [-0.39, 0.29) is 28.3 Å². The first-order valence-electron chi connectivity index (χ1n) is 6.55. The molecule has 1 aromatic heterocycles. The number of alkyl halides is 3. The quantitative estimate of drug-likeness (QED) is 0.690. The Morgan fingerprint density at radius 1 is 1.13 bits per heavy atom. The first kappa shape index (κ1) is 15.1. The van der Waals surface area contributed by atoms with Crippen LogP contribution in [0.15, 0.2) is 24.4 Å². The largest absolute Gasteiger partial charge is 0.451 e. The zero-order chi connectivity index (χ0) is 16.9. The van der Waals surface area contributed by atoms with Gasteiger partial charge in [0, 0.05) is 37.0 Å². The molecule has 2 aromatic rings. The number of hydrogen-bond donors (Lipinski definition) is 0. The molecular formula is C15H10F3N3O2. The lowest BCUT2D eigenvalue weighted by Gasteiger charge is -2.10. The summed E-state index contributed by atoms with van der Waals surface area (Å²) in [7, 11) is 3.13. The van der Waals surface area contributed by atoms with E-state index < -0.39 is 17.8 Å². The Hall–Kier alpha value is -2.77. The predicted molar refractivity (Wildman–Crippen MR) is 73.9 cm³/mol. The molecule has 1 aromatic carbocycles.